The van der Waals surface area contributed by atoms with Crippen molar-refractivity contribution in [2.45, 2.75) is 46.1 Å². The lowest BCUT2D eigenvalue weighted by Crippen LogP contribution is -2.26. The predicted molar refractivity (Wildman–Crippen MR) is 133 cm³/mol. The van der Waals surface area contributed by atoms with Gasteiger partial charge in [-0.15, -0.1) is 0 Å². The molecule has 3 N–H and O–H groups in total. The van der Waals surface area contributed by atoms with Gasteiger partial charge in [0, 0.05) is 29.4 Å². The molecule has 1 saturated carbocycles. The zero-order valence-electron chi connectivity index (χ0n) is 19.4. The van der Waals surface area contributed by atoms with Gasteiger partial charge in [0.1, 0.15) is 11.2 Å². The first-order valence-corrected chi connectivity index (χ1v) is 11.3. The van der Waals surface area contributed by atoms with E-state index in [-0.39, 0.29) is 39.5 Å². The van der Waals surface area contributed by atoms with E-state index in [1.165, 1.54) is 6.07 Å². The van der Waals surface area contributed by atoms with Crippen molar-refractivity contribution in [1.82, 2.24) is 4.57 Å². The quantitative estimate of drug-likeness (QED) is 0.397. The van der Waals surface area contributed by atoms with Crippen LogP contribution in [0.2, 0.25) is 0 Å². The first kappa shape index (κ1) is 21.9. The first-order chi connectivity index (χ1) is 16.2. The van der Waals surface area contributed by atoms with Crippen LogP contribution in [-0.4, -0.2) is 4.57 Å². The van der Waals surface area contributed by atoms with Crippen LogP contribution in [0.5, 0.6) is 0 Å². The molecule has 7 heteroatoms. The van der Waals surface area contributed by atoms with Crippen molar-refractivity contribution in [1.29, 1.82) is 0 Å². The molecule has 1 aliphatic rings. The summed E-state index contributed by atoms with van der Waals surface area (Å²) in [7, 11) is 0. The number of rotatable bonds is 5. The molecule has 0 aliphatic heterocycles. The standard InChI is InChI=1S/C27H26FN3O3/c1-14-7-10-22(21(28)11-14)30-24-15(2)27(33)34-25-20(13-17-5-4-6-18(29)12-17)16(3)31(19-8-9-19)26(32)23(24)25/h4-7,10-12,19,30H,8-9,13,29H2,1-3H3. The summed E-state index contributed by atoms with van der Waals surface area (Å²) in [6.07, 6.45) is 2.26. The van der Waals surface area contributed by atoms with Gasteiger partial charge in [0.15, 0.2) is 5.58 Å². The first-order valence-electron chi connectivity index (χ1n) is 11.3. The van der Waals surface area contributed by atoms with Gasteiger partial charge in [-0.25, -0.2) is 9.18 Å². The average molecular weight is 460 g/mol. The number of aryl methyl sites for hydroxylation is 1. The van der Waals surface area contributed by atoms with Crippen LogP contribution in [0.4, 0.5) is 21.5 Å². The Balaban J connectivity index is 1.81. The van der Waals surface area contributed by atoms with Crippen molar-refractivity contribution in [3.05, 3.63) is 97.0 Å². The predicted octanol–water partition coefficient (Wildman–Crippen LogP) is 5.27. The number of hydrogen-bond donors (Lipinski definition) is 2. The Labute approximate surface area is 195 Å². The molecular formula is C27H26FN3O3. The Morgan fingerprint density at radius 1 is 1.12 bits per heavy atom. The number of benzene rings is 2. The molecule has 6 nitrogen and oxygen atoms in total. The van der Waals surface area contributed by atoms with Gasteiger partial charge in [0.05, 0.1) is 16.9 Å². The smallest absolute Gasteiger partial charge is 0.341 e. The number of nitrogens with two attached hydrogens (primary N) is 1. The fourth-order valence-electron chi connectivity index (χ4n) is 4.52. The molecule has 0 radical (unpaired) electrons. The van der Waals surface area contributed by atoms with E-state index in [2.05, 4.69) is 5.32 Å². The normalized spacial score (nSPS) is 13.4. The Hall–Kier alpha value is -3.87. The second-order valence-electron chi connectivity index (χ2n) is 9.09. The van der Waals surface area contributed by atoms with Gasteiger partial charge in [-0.05, 0) is 69.0 Å². The molecule has 0 unspecified atom stereocenters. The highest BCUT2D eigenvalue weighted by Gasteiger charge is 2.30. The van der Waals surface area contributed by atoms with Gasteiger partial charge in [0.25, 0.3) is 5.56 Å². The van der Waals surface area contributed by atoms with E-state index in [1.807, 2.05) is 25.1 Å². The van der Waals surface area contributed by atoms with Crippen LogP contribution < -0.4 is 22.2 Å². The molecule has 2 heterocycles. The van der Waals surface area contributed by atoms with Crippen LogP contribution in [0, 0.1) is 26.6 Å². The van der Waals surface area contributed by atoms with E-state index in [1.54, 1.807) is 36.6 Å². The topological polar surface area (TPSA) is 90.3 Å². The Morgan fingerprint density at radius 2 is 1.88 bits per heavy atom. The molecule has 2 aromatic heterocycles. The Morgan fingerprint density at radius 3 is 2.56 bits per heavy atom. The lowest BCUT2D eigenvalue weighted by molar-refractivity contribution is 0.547. The fourth-order valence-corrected chi connectivity index (χ4v) is 4.52. The maximum Gasteiger partial charge on any atom is 0.341 e. The summed E-state index contributed by atoms with van der Waals surface area (Å²) in [5.74, 6) is -0.463. The van der Waals surface area contributed by atoms with E-state index in [9.17, 15) is 14.0 Å². The van der Waals surface area contributed by atoms with Crippen LogP contribution in [0.3, 0.4) is 0 Å². The summed E-state index contributed by atoms with van der Waals surface area (Å²) in [5.41, 5.74) is 9.95. The van der Waals surface area contributed by atoms with Crippen molar-refractivity contribution >= 4 is 28.0 Å². The molecule has 5 rings (SSSR count). The van der Waals surface area contributed by atoms with Crippen molar-refractivity contribution in [3.63, 3.8) is 0 Å². The molecule has 1 aliphatic carbocycles. The van der Waals surface area contributed by atoms with Gasteiger partial charge in [-0.3, -0.25) is 4.79 Å². The summed E-state index contributed by atoms with van der Waals surface area (Å²) < 4.78 is 22.2. The maximum absolute atomic E-state index is 14.7. The second-order valence-corrected chi connectivity index (χ2v) is 9.09. The highest BCUT2D eigenvalue weighted by molar-refractivity contribution is 5.95. The molecular weight excluding hydrogens is 433 g/mol. The van der Waals surface area contributed by atoms with E-state index in [4.69, 9.17) is 10.2 Å². The van der Waals surface area contributed by atoms with Crippen LogP contribution in [-0.2, 0) is 6.42 Å². The van der Waals surface area contributed by atoms with Crippen molar-refractivity contribution in [2.24, 2.45) is 0 Å². The van der Waals surface area contributed by atoms with Crippen LogP contribution in [0.1, 0.15) is 46.8 Å². The summed E-state index contributed by atoms with van der Waals surface area (Å²) >= 11 is 0. The summed E-state index contributed by atoms with van der Waals surface area (Å²) in [6, 6.07) is 12.4. The van der Waals surface area contributed by atoms with E-state index in [0.717, 1.165) is 35.2 Å². The molecule has 4 aromatic rings. The monoisotopic (exact) mass is 459 g/mol. The minimum atomic E-state index is -0.570. The molecule has 2 aromatic carbocycles. The van der Waals surface area contributed by atoms with Gasteiger partial charge in [-0.1, -0.05) is 18.2 Å². The number of anilines is 3. The highest BCUT2D eigenvalue weighted by atomic mass is 19.1. The highest BCUT2D eigenvalue weighted by Crippen LogP contribution is 2.38. The lowest BCUT2D eigenvalue weighted by atomic mass is 9.99. The summed E-state index contributed by atoms with van der Waals surface area (Å²) in [4.78, 5) is 26.6. The Kier molecular flexibility index (Phi) is 5.27. The lowest BCUT2D eigenvalue weighted by Gasteiger charge is -2.19. The molecule has 0 atom stereocenters. The number of nitrogen functional groups attached to an aromatic ring is 1. The molecule has 174 valence electrons. The third-order valence-electron chi connectivity index (χ3n) is 6.49. The minimum absolute atomic E-state index is 0.104. The van der Waals surface area contributed by atoms with Crippen LogP contribution >= 0.6 is 0 Å². The summed E-state index contributed by atoms with van der Waals surface area (Å²) in [6.45, 7) is 5.26. The van der Waals surface area contributed by atoms with Gasteiger partial charge < -0.3 is 20.0 Å². The Bertz CT molecular complexity index is 1560. The number of fused-ring (bicyclic) bond motifs is 1. The number of aromatic nitrogens is 1. The average Bonchev–Trinajstić information content (AvgIpc) is 3.61. The second kappa shape index (κ2) is 8.17. The van der Waals surface area contributed by atoms with Crippen LogP contribution in [0.15, 0.2) is 56.5 Å². The van der Waals surface area contributed by atoms with Crippen molar-refractivity contribution < 1.29 is 8.81 Å². The van der Waals surface area contributed by atoms with Crippen molar-refractivity contribution in [2.75, 3.05) is 11.1 Å². The number of nitrogens with one attached hydrogen (secondary N) is 1. The third-order valence-corrected chi connectivity index (χ3v) is 6.49. The third kappa shape index (κ3) is 3.77. The van der Waals surface area contributed by atoms with E-state index < -0.39 is 11.4 Å². The SMILES string of the molecule is Cc1ccc(Nc2c(C)c(=O)oc3c(Cc4cccc(N)c4)c(C)n(C4CC4)c(=O)c23)c(F)c1. The number of nitrogens with zero attached hydrogens (tertiary/aromatic N) is 1. The molecule has 0 spiro atoms. The largest absolute Gasteiger partial charge is 0.422 e. The minimum Gasteiger partial charge on any atom is -0.422 e. The molecule has 34 heavy (non-hydrogen) atoms. The van der Waals surface area contributed by atoms with E-state index in [0.29, 0.717) is 12.1 Å². The maximum atomic E-state index is 14.7. The number of pyridine rings is 1. The molecule has 0 saturated heterocycles. The fraction of sp³-hybridized carbons (Fsp3) is 0.259. The number of hydrogen-bond acceptors (Lipinski definition) is 5. The van der Waals surface area contributed by atoms with E-state index >= 15 is 0 Å². The summed E-state index contributed by atoms with van der Waals surface area (Å²) in [5, 5.41) is 3.29. The van der Waals surface area contributed by atoms with Crippen LogP contribution in [0.25, 0.3) is 11.0 Å². The molecule has 0 amide bonds. The zero-order chi connectivity index (χ0) is 24.1. The van der Waals surface area contributed by atoms with Gasteiger partial charge >= 0.3 is 5.63 Å². The number of halogens is 1. The van der Waals surface area contributed by atoms with Gasteiger partial charge in [0.2, 0.25) is 0 Å². The zero-order valence-corrected chi connectivity index (χ0v) is 19.4. The van der Waals surface area contributed by atoms with Crippen molar-refractivity contribution in [3.8, 4) is 0 Å². The molecule has 1 fully saturated rings. The van der Waals surface area contributed by atoms with Gasteiger partial charge in [-0.2, -0.15) is 0 Å². The molecule has 0 bridgehead atoms.